The number of carbonyl (C=O) groups is 1. The van der Waals surface area contributed by atoms with Crippen molar-refractivity contribution >= 4 is 34.1 Å². The van der Waals surface area contributed by atoms with Gasteiger partial charge >= 0.3 is 0 Å². The van der Waals surface area contributed by atoms with Crippen molar-refractivity contribution in [1.82, 2.24) is 4.98 Å². The van der Waals surface area contributed by atoms with Gasteiger partial charge in [-0.2, -0.15) is 0 Å². The molecule has 3 rings (SSSR count). The first-order valence-electron chi connectivity index (χ1n) is 6.29. The highest BCUT2D eigenvalue weighted by Gasteiger charge is 2.12. The van der Waals surface area contributed by atoms with E-state index < -0.39 is 0 Å². The molecule has 0 bridgehead atoms. The molecular formula is C16H11ClN2O2. The van der Waals surface area contributed by atoms with Gasteiger partial charge in [0.2, 0.25) is 0 Å². The van der Waals surface area contributed by atoms with Crippen LogP contribution in [-0.2, 0) is 0 Å². The minimum Gasteiger partial charge on any atom is -0.508 e. The van der Waals surface area contributed by atoms with Gasteiger partial charge in [-0.3, -0.25) is 9.78 Å². The third kappa shape index (κ3) is 2.66. The number of fused-ring (bicyclic) bond motifs is 1. The van der Waals surface area contributed by atoms with Crippen LogP contribution in [-0.4, -0.2) is 16.0 Å². The van der Waals surface area contributed by atoms with Gasteiger partial charge in [0.25, 0.3) is 5.91 Å². The number of phenolic OH excluding ortho intramolecular Hbond substituents is 1. The molecule has 1 heterocycles. The third-order valence-corrected chi connectivity index (χ3v) is 3.40. The molecule has 0 spiro atoms. The van der Waals surface area contributed by atoms with Gasteiger partial charge in [-0.1, -0.05) is 23.7 Å². The summed E-state index contributed by atoms with van der Waals surface area (Å²) in [5.74, 6) is -0.228. The molecule has 4 nitrogen and oxygen atoms in total. The number of benzene rings is 2. The maximum Gasteiger partial charge on any atom is 0.256 e. The largest absolute Gasteiger partial charge is 0.508 e. The molecule has 1 aromatic heterocycles. The van der Waals surface area contributed by atoms with Crippen molar-refractivity contribution in [2.75, 3.05) is 5.32 Å². The topological polar surface area (TPSA) is 62.2 Å². The molecule has 0 aliphatic heterocycles. The number of aromatic nitrogens is 1. The standard InChI is InChI=1S/C16H11ClN2O2/c17-13-9-10(20)6-7-15(13)19-16(21)12-3-1-5-14-11(12)4-2-8-18-14/h1-9,20H,(H,19,21). The second-order valence-corrected chi connectivity index (χ2v) is 4.90. The fourth-order valence-electron chi connectivity index (χ4n) is 2.10. The van der Waals surface area contributed by atoms with E-state index in [9.17, 15) is 9.90 Å². The molecule has 1 amide bonds. The Bertz CT molecular complexity index is 828. The molecule has 0 saturated heterocycles. The van der Waals surface area contributed by atoms with Crippen LogP contribution in [0.3, 0.4) is 0 Å². The van der Waals surface area contributed by atoms with Gasteiger partial charge in [-0.25, -0.2) is 0 Å². The van der Waals surface area contributed by atoms with E-state index >= 15 is 0 Å². The number of hydrogen-bond acceptors (Lipinski definition) is 3. The van der Waals surface area contributed by atoms with E-state index in [1.165, 1.54) is 12.1 Å². The normalized spacial score (nSPS) is 10.5. The van der Waals surface area contributed by atoms with E-state index in [-0.39, 0.29) is 16.7 Å². The number of carbonyl (C=O) groups excluding carboxylic acids is 1. The Morgan fingerprint density at radius 1 is 1.14 bits per heavy atom. The molecule has 3 aromatic rings. The summed E-state index contributed by atoms with van der Waals surface area (Å²) in [7, 11) is 0. The van der Waals surface area contributed by atoms with Gasteiger partial charge in [0, 0.05) is 23.2 Å². The molecule has 0 saturated carbocycles. The van der Waals surface area contributed by atoms with Crippen LogP contribution in [0.4, 0.5) is 5.69 Å². The summed E-state index contributed by atoms with van der Waals surface area (Å²) < 4.78 is 0. The monoisotopic (exact) mass is 298 g/mol. The quantitative estimate of drug-likeness (QED) is 0.706. The lowest BCUT2D eigenvalue weighted by molar-refractivity contribution is 0.102. The maximum absolute atomic E-state index is 12.4. The molecule has 0 fully saturated rings. The number of hydrogen-bond donors (Lipinski definition) is 2. The number of anilines is 1. The number of pyridine rings is 1. The Balaban J connectivity index is 1.97. The third-order valence-electron chi connectivity index (χ3n) is 3.09. The van der Waals surface area contributed by atoms with E-state index in [2.05, 4.69) is 10.3 Å². The average Bonchev–Trinajstić information content (AvgIpc) is 2.49. The summed E-state index contributed by atoms with van der Waals surface area (Å²) in [4.78, 5) is 16.6. The van der Waals surface area contributed by atoms with Crippen LogP contribution >= 0.6 is 11.6 Å². The van der Waals surface area contributed by atoms with Crippen molar-refractivity contribution in [3.8, 4) is 5.75 Å². The first-order chi connectivity index (χ1) is 10.1. The number of aromatic hydroxyl groups is 1. The fourth-order valence-corrected chi connectivity index (χ4v) is 2.32. The Hall–Kier alpha value is -2.59. The summed E-state index contributed by atoms with van der Waals surface area (Å²) in [5.41, 5.74) is 1.71. The lowest BCUT2D eigenvalue weighted by Gasteiger charge is -2.09. The molecule has 2 N–H and O–H groups in total. The van der Waals surface area contributed by atoms with Gasteiger partial charge in [-0.05, 0) is 30.3 Å². The van der Waals surface area contributed by atoms with Gasteiger partial charge in [-0.15, -0.1) is 0 Å². The summed E-state index contributed by atoms with van der Waals surface area (Å²) in [6.45, 7) is 0. The number of halogens is 1. The van der Waals surface area contributed by atoms with Crippen molar-refractivity contribution in [2.45, 2.75) is 0 Å². The predicted octanol–water partition coefficient (Wildman–Crippen LogP) is 3.85. The van der Waals surface area contributed by atoms with Gasteiger partial charge in [0.05, 0.1) is 16.2 Å². The number of nitrogens with zero attached hydrogens (tertiary/aromatic N) is 1. The molecule has 0 aliphatic carbocycles. The first kappa shape index (κ1) is 13.4. The zero-order chi connectivity index (χ0) is 14.8. The number of phenols is 1. The highest BCUT2D eigenvalue weighted by molar-refractivity contribution is 6.34. The lowest BCUT2D eigenvalue weighted by Crippen LogP contribution is -2.12. The Morgan fingerprint density at radius 2 is 2.00 bits per heavy atom. The minimum atomic E-state index is -0.277. The summed E-state index contributed by atoms with van der Waals surface area (Å²) in [6, 6.07) is 13.4. The van der Waals surface area contributed by atoms with Crippen molar-refractivity contribution in [3.05, 3.63) is 65.3 Å². The Morgan fingerprint density at radius 3 is 2.81 bits per heavy atom. The molecule has 21 heavy (non-hydrogen) atoms. The summed E-state index contributed by atoms with van der Waals surface area (Å²) in [5, 5.41) is 13.1. The van der Waals surface area contributed by atoms with E-state index in [1.54, 1.807) is 30.5 Å². The molecule has 5 heteroatoms. The number of rotatable bonds is 2. The van der Waals surface area contributed by atoms with Crippen molar-refractivity contribution < 1.29 is 9.90 Å². The summed E-state index contributed by atoms with van der Waals surface area (Å²) in [6.07, 6.45) is 1.68. The van der Waals surface area contributed by atoms with Crippen LogP contribution in [0, 0.1) is 0 Å². The molecule has 0 atom stereocenters. The highest BCUT2D eigenvalue weighted by atomic mass is 35.5. The Kier molecular flexibility index (Phi) is 3.46. The number of nitrogens with one attached hydrogen (secondary N) is 1. The number of amides is 1. The lowest BCUT2D eigenvalue weighted by atomic mass is 10.1. The zero-order valence-electron chi connectivity index (χ0n) is 10.9. The van der Waals surface area contributed by atoms with Crippen LogP contribution < -0.4 is 5.32 Å². The fraction of sp³-hybridized carbons (Fsp3) is 0. The second-order valence-electron chi connectivity index (χ2n) is 4.49. The van der Waals surface area contributed by atoms with Crippen LogP contribution in [0.1, 0.15) is 10.4 Å². The summed E-state index contributed by atoms with van der Waals surface area (Å²) >= 11 is 5.99. The van der Waals surface area contributed by atoms with Gasteiger partial charge in [0.1, 0.15) is 5.75 Å². The maximum atomic E-state index is 12.4. The molecule has 0 aliphatic rings. The van der Waals surface area contributed by atoms with E-state index in [1.807, 2.05) is 12.1 Å². The smallest absolute Gasteiger partial charge is 0.256 e. The predicted molar refractivity (Wildman–Crippen MR) is 82.8 cm³/mol. The zero-order valence-corrected chi connectivity index (χ0v) is 11.6. The average molecular weight is 299 g/mol. The van der Waals surface area contributed by atoms with Crippen LogP contribution in [0.2, 0.25) is 5.02 Å². The van der Waals surface area contributed by atoms with E-state index in [0.29, 0.717) is 11.3 Å². The molecule has 104 valence electrons. The first-order valence-corrected chi connectivity index (χ1v) is 6.66. The van der Waals surface area contributed by atoms with Gasteiger partial charge in [0.15, 0.2) is 0 Å². The van der Waals surface area contributed by atoms with Crippen molar-refractivity contribution in [1.29, 1.82) is 0 Å². The SMILES string of the molecule is O=C(Nc1ccc(O)cc1Cl)c1cccc2ncccc12. The molecular weight excluding hydrogens is 288 g/mol. The molecule has 2 aromatic carbocycles. The second kappa shape index (κ2) is 5.42. The molecule has 0 radical (unpaired) electrons. The van der Waals surface area contributed by atoms with Crippen LogP contribution in [0.15, 0.2) is 54.7 Å². The van der Waals surface area contributed by atoms with Gasteiger partial charge < -0.3 is 10.4 Å². The van der Waals surface area contributed by atoms with Crippen molar-refractivity contribution in [3.63, 3.8) is 0 Å². The minimum absolute atomic E-state index is 0.0485. The van der Waals surface area contributed by atoms with Crippen LogP contribution in [0.5, 0.6) is 5.75 Å². The Labute approximate surface area is 126 Å². The van der Waals surface area contributed by atoms with Crippen LogP contribution in [0.25, 0.3) is 10.9 Å². The van der Waals surface area contributed by atoms with E-state index in [0.717, 1.165) is 10.9 Å². The van der Waals surface area contributed by atoms with Crippen molar-refractivity contribution in [2.24, 2.45) is 0 Å². The van der Waals surface area contributed by atoms with E-state index in [4.69, 9.17) is 11.6 Å². The molecule has 0 unspecified atom stereocenters. The highest BCUT2D eigenvalue weighted by Crippen LogP contribution is 2.27.